The first-order valence-electron chi connectivity index (χ1n) is 9.50. The minimum atomic E-state index is -3.05. The number of rotatable bonds is 6. The van der Waals surface area contributed by atoms with Crippen LogP contribution in [0.2, 0.25) is 0 Å². The van der Waals surface area contributed by atoms with Gasteiger partial charge in [0.25, 0.3) is 5.56 Å². The van der Waals surface area contributed by atoms with Gasteiger partial charge in [-0.25, -0.2) is 18.4 Å². The monoisotopic (exact) mass is 488 g/mol. The largest absolute Gasteiger partial charge is 0.326 e. The van der Waals surface area contributed by atoms with Crippen molar-refractivity contribution < 1.29 is 8.42 Å². The molecule has 0 amide bonds. The first-order valence-corrected chi connectivity index (χ1v) is 12.4. The summed E-state index contributed by atoms with van der Waals surface area (Å²) in [6.07, 6.45) is 3.03. The summed E-state index contributed by atoms with van der Waals surface area (Å²) in [4.78, 5) is 21.7. The van der Waals surface area contributed by atoms with Crippen molar-refractivity contribution in [3.8, 4) is 0 Å². The van der Waals surface area contributed by atoms with Gasteiger partial charge >= 0.3 is 0 Å². The minimum Gasteiger partial charge on any atom is -0.326 e. The standard InChI is InChI=1S/C21H21BrN4O3S/c1-14-4-6-16-19(10-14)26(21(27)12-23-16)13-20-24-17-11-15(22)5-7-18(17)25(20)8-3-9-30(2,28)29/h4-7,10-12H,3,8-9,13H2,1-2H3. The van der Waals surface area contributed by atoms with Crippen LogP contribution in [0.1, 0.15) is 17.8 Å². The van der Waals surface area contributed by atoms with Gasteiger partial charge in [0.05, 0.1) is 40.6 Å². The molecule has 0 bridgehead atoms. The summed E-state index contributed by atoms with van der Waals surface area (Å²) in [5, 5.41) is 0. The van der Waals surface area contributed by atoms with Crippen molar-refractivity contribution in [2.45, 2.75) is 26.4 Å². The zero-order valence-corrected chi connectivity index (χ0v) is 19.1. The van der Waals surface area contributed by atoms with Crippen LogP contribution >= 0.6 is 15.9 Å². The SMILES string of the molecule is Cc1ccc2ncc(=O)n(Cc3nc4cc(Br)ccc4n3CCCS(C)(=O)=O)c2c1. The quantitative estimate of drug-likeness (QED) is 0.415. The number of halogens is 1. The van der Waals surface area contributed by atoms with Crippen molar-refractivity contribution in [3.63, 3.8) is 0 Å². The average molecular weight is 489 g/mol. The number of sulfone groups is 1. The number of imidazole rings is 1. The van der Waals surface area contributed by atoms with E-state index in [2.05, 4.69) is 20.9 Å². The molecule has 30 heavy (non-hydrogen) atoms. The lowest BCUT2D eigenvalue weighted by molar-refractivity contribution is 0.586. The fourth-order valence-corrected chi connectivity index (χ4v) is 4.59. The van der Waals surface area contributed by atoms with Crippen LogP contribution < -0.4 is 5.56 Å². The molecule has 0 spiro atoms. The third kappa shape index (κ3) is 4.32. The van der Waals surface area contributed by atoms with Crippen LogP contribution in [-0.4, -0.2) is 39.5 Å². The molecular formula is C21H21BrN4O3S. The Kier molecular flexibility index (Phi) is 5.50. The molecule has 2 aromatic heterocycles. The Labute approximate surface area is 182 Å². The van der Waals surface area contributed by atoms with E-state index in [1.807, 2.05) is 47.9 Å². The maximum absolute atomic E-state index is 12.7. The smallest absolute Gasteiger partial charge is 0.269 e. The van der Waals surface area contributed by atoms with Gasteiger partial charge < -0.3 is 4.57 Å². The van der Waals surface area contributed by atoms with E-state index in [0.717, 1.165) is 32.1 Å². The van der Waals surface area contributed by atoms with Crippen molar-refractivity contribution >= 4 is 47.8 Å². The summed E-state index contributed by atoms with van der Waals surface area (Å²) in [6.45, 7) is 2.74. The molecule has 0 aliphatic rings. The topological polar surface area (TPSA) is 86.8 Å². The van der Waals surface area contributed by atoms with Crippen LogP contribution in [-0.2, 0) is 22.9 Å². The number of hydrogen-bond acceptors (Lipinski definition) is 5. The molecule has 2 aromatic carbocycles. The summed E-state index contributed by atoms with van der Waals surface area (Å²) in [6, 6.07) is 11.6. The zero-order chi connectivity index (χ0) is 21.5. The fraction of sp³-hybridized carbons (Fsp3) is 0.286. The third-order valence-electron chi connectivity index (χ3n) is 4.99. The third-order valence-corrected chi connectivity index (χ3v) is 6.51. The van der Waals surface area contributed by atoms with Crippen LogP contribution in [0.4, 0.5) is 0 Å². The second kappa shape index (κ2) is 7.96. The number of aromatic nitrogens is 4. The van der Waals surface area contributed by atoms with E-state index in [-0.39, 0.29) is 17.9 Å². The fourth-order valence-electron chi connectivity index (χ4n) is 3.58. The molecule has 4 aromatic rings. The molecule has 9 heteroatoms. The molecule has 0 fully saturated rings. The van der Waals surface area contributed by atoms with Crippen LogP contribution in [0.25, 0.3) is 22.1 Å². The van der Waals surface area contributed by atoms with Crippen molar-refractivity contribution in [1.29, 1.82) is 0 Å². The van der Waals surface area contributed by atoms with E-state index in [0.29, 0.717) is 18.8 Å². The molecular weight excluding hydrogens is 468 g/mol. The van der Waals surface area contributed by atoms with Crippen LogP contribution in [0.15, 0.2) is 51.9 Å². The molecule has 0 saturated heterocycles. The van der Waals surface area contributed by atoms with Crippen molar-refractivity contribution in [2.24, 2.45) is 0 Å². The van der Waals surface area contributed by atoms with E-state index in [1.54, 1.807) is 4.57 Å². The van der Waals surface area contributed by atoms with Gasteiger partial charge in [0.1, 0.15) is 15.7 Å². The summed E-state index contributed by atoms with van der Waals surface area (Å²) >= 11 is 3.47. The van der Waals surface area contributed by atoms with Crippen LogP contribution in [0, 0.1) is 6.92 Å². The zero-order valence-electron chi connectivity index (χ0n) is 16.7. The Morgan fingerprint density at radius 1 is 1.03 bits per heavy atom. The second-order valence-corrected chi connectivity index (χ2v) is 10.6. The molecule has 0 N–H and O–H groups in total. The van der Waals surface area contributed by atoms with Gasteiger partial charge in [-0.3, -0.25) is 9.36 Å². The van der Waals surface area contributed by atoms with Gasteiger partial charge in [-0.1, -0.05) is 22.0 Å². The minimum absolute atomic E-state index is 0.0972. The Morgan fingerprint density at radius 3 is 2.60 bits per heavy atom. The first-order chi connectivity index (χ1) is 14.2. The lowest BCUT2D eigenvalue weighted by atomic mass is 10.2. The van der Waals surface area contributed by atoms with E-state index >= 15 is 0 Å². The summed E-state index contributed by atoms with van der Waals surface area (Å²) in [7, 11) is -3.05. The number of benzene rings is 2. The van der Waals surface area contributed by atoms with Gasteiger partial charge in [0.15, 0.2) is 0 Å². The second-order valence-electron chi connectivity index (χ2n) is 7.47. The highest BCUT2D eigenvalue weighted by Crippen LogP contribution is 2.23. The van der Waals surface area contributed by atoms with Gasteiger partial charge in [-0.2, -0.15) is 0 Å². The molecule has 0 unspecified atom stereocenters. The Morgan fingerprint density at radius 2 is 1.83 bits per heavy atom. The molecule has 0 saturated carbocycles. The highest BCUT2D eigenvalue weighted by Gasteiger charge is 2.15. The Balaban J connectivity index is 1.82. The molecule has 0 aliphatic carbocycles. The number of hydrogen-bond donors (Lipinski definition) is 0. The van der Waals surface area contributed by atoms with E-state index < -0.39 is 9.84 Å². The van der Waals surface area contributed by atoms with Gasteiger partial charge in [-0.15, -0.1) is 0 Å². The predicted molar refractivity (Wildman–Crippen MR) is 122 cm³/mol. The molecule has 0 atom stereocenters. The average Bonchev–Trinajstić information content (AvgIpc) is 2.99. The van der Waals surface area contributed by atoms with E-state index in [1.165, 1.54) is 12.5 Å². The maximum atomic E-state index is 12.7. The number of nitrogens with zero attached hydrogens (tertiary/aromatic N) is 4. The predicted octanol–water partition coefficient (Wildman–Crippen LogP) is 3.30. The summed E-state index contributed by atoms with van der Waals surface area (Å²) < 4.78 is 27.7. The number of aryl methyl sites for hydroxylation is 2. The number of fused-ring (bicyclic) bond motifs is 2. The van der Waals surface area contributed by atoms with Crippen molar-refractivity contribution in [1.82, 2.24) is 19.1 Å². The lowest BCUT2D eigenvalue weighted by Crippen LogP contribution is -2.23. The van der Waals surface area contributed by atoms with Crippen molar-refractivity contribution in [2.75, 3.05) is 12.0 Å². The lowest BCUT2D eigenvalue weighted by Gasteiger charge is -2.13. The Hall–Kier alpha value is -2.52. The summed E-state index contributed by atoms with van der Waals surface area (Å²) in [5.74, 6) is 0.799. The van der Waals surface area contributed by atoms with Gasteiger partial charge in [-0.05, 0) is 49.2 Å². The van der Waals surface area contributed by atoms with Crippen molar-refractivity contribution in [3.05, 3.63) is 68.8 Å². The van der Waals surface area contributed by atoms with E-state index in [9.17, 15) is 13.2 Å². The first kappa shape index (κ1) is 20.7. The van der Waals surface area contributed by atoms with Gasteiger partial charge in [0.2, 0.25) is 0 Å². The summed E-state index contributed by atoms with van der Waals surface area (Å²) in [5.41, 5.74) is 4.02. The van der Waals surface area contributed by atoms with Crippen LogP contribution in [0.5, 0.6) is 0 Å². The highest BCUT2D eigenvalue weighted by atomic mass is 79.9. The molecule has 0 radical (unpaired) electrons. The Bertz CT molecular complexity index is 1420. The normalized spacial score (nSPS) is 12.1. The van der Waals surface area contributed by atoms with Gasteiger partial charge in [0, 0.05) is 17.3 Å². The highest BCUT2D eigenvalue weighted by molar-refractivity contribution is 9.10. The maximum Gasteiger partial charge on any atom is 0.269 e. The molecule has 2 heterocycles. The molecule has 156 valence electrons. The molecule has 0 aliphatic heterocycles. The molecule has 7 nitrogen and oxygen atoms in total. The molecule has 4 rings (SSSR count). The van der Waals surface area contributed by atoms with Crippen LogP contribution in [0.3, 0.4) is 0 Å². The van der Waals surface area contributed by atoms with E-state index in [4.69, 9.17) is 4.98 Å².